The van der Waals surface area contributed by atoms with Crippen molar-refractivity contribution in [1.29, 1.82) is 0 Å². The van der Waals surface area contributed by atoms with E-state index in [0.29, 0.717) is 6.04 Å². The van der Waals surface area contributed by atoms with Crippen LogP contribution in [0.3, 0.4) is 0 Å². The van der Waals surface area contributed by atoms with E-state index < -0.39 is 0 Å². The van der Waals surface area contributed by atoms with Crippen LogP contribution in [0.2, 0.25) is 0 Å². The molecule has 0 aromatic carbocycles. The molecule has 1 aromatic rings. The lowest BCUT2D eigenvalue weighted by atomic mass is 10.1. The van der Waals surface area contributed by atoms with Crippen LogP contribution in [0.4, 0.5) is 0 Å². The van der Waals surface area contributed by atoms with Gasteiger partial charge in [0.1, 0.15) is 0 Å². The van der Waals surface area contributed by atoms with E-state index in [1.54, 1.807) is 0 Å². The molecule has 1 aliphatic rings. The van der Waals surface area contributed by atoms with Gasteiger partial charge in [0.05, 0.1) is 11.2 Å². The van der Waals surface area contributed by atoms with Crippen LogP contribution >= 0.6 is 0 Å². The molecule has 0 amide bonds. The van der Waals surface area contributed by atoms with Crippen LogP contribution in [0, 0.1) is 0 Å². The normalized spacial score (nSPS) is 22.2. The molecule has 15 heavy (non-hydrogen) atoms. The Morgan fingerprint density at radius 1 is 1.53 bits per heavy atom. The summed E-state index contributed by atoms with van der Waals surface area (Å²) in [6.07, 6.45) is 5.64. The molecule has 84 valence electrons. The molecule has 1 N–H and O–H groups in total. The Kier molecular flexibility index (Phi) is 2.78. The zero-order chi connectivity index (χ0) is 10.9. The van der Waals surface area contributed by atoms with Gasteiger partial charge in [-0.2, -0.15) is 0 Å². The van der Waals surface area contributed by atoms with Crippen LogP contribution in [0.1, 0.15) is 39.3 Å². The fourth-order valence-corrected chi connectivity index (χ4v) is 1.90. The van der Waals surface area contributed by atoms with Gasteiger partial charge in [0.15, 0.2) is 0 Å². The Hall–Kier alpha value is -0.900. The number of aromatic nitrogens is 3. The molecule has 2 rings (SSSR count). The topological polar surface area (TPSA) is 42.7 Å². The monoisotopic (exact) mass is 208 g/mol. The molecule has 1 aliphatic heterocycles. The SMILES string of the molecule is CC(C)(C)n1cc(CC2CCCN2)nn1. The second kappa shape index (κ2) is 3.93. The van der Waals surface area contributed by atoms with E-state index in [4.69, 9.17) is 0 Å². The van der Waals surface area contributed by atoms with Gasteiger partial charge in [0.25, 0.3) is 0 Å². The van der Waals surface area contributed by atoms with Crippen molar-refractivity contribution in [3.05, 3.63) is 11.9 Å². The van der Waals surface area contributed by atoms with Gasteiger partial charge in [-0.1, -0.05) is 5.21 Å². The third kappa shape index (κ3) is 2.56. The Labute approximate surface area is 91.1 Å². The van der Waals surface area contributed by atoms with Gasteiger partial charge in [-0.15, -0.1) is 5.10 Å². The molecule has 0 spiro atoms. The summed E-state index contributed by atoms with van der Waals surface area (Å²) >= 11 is 0. The molecule has 1 aromatic heterocycles. The molecule has 0 saturated carbocycles. The Morgan fingerprint density at radius 3 is 2.87 bits per heavy atom. The summed E-state index contributed by atoms with van der Waals surface area (Å²) in [5.74, 6) is 0. The average molecular weight is 208 g/mol. The fraction of sp³-hybridized carbons (Fsp3) is 0.818. The lowest BCUT2D eigenvalue weighted by Gasteiger charge is -2.17. The van der Waals surface area contributed by atoms with Crippen molar-refractivity contribution < 1.29 is 0 Å². The van der Waals surface area contributed by atoms with Gasteiger partial charge in [0.2, 0.25) is 0 Å². The van der Waals surface area contributed by atoms with Crippen molar-refractivity contribution in [3.8, 4) is 0 Å². The zero-order valence-corrected chi connectivity index (χ0v) is 9.82. The number of nitrogens with zero attached hydrogens (tertiary/aromatic N) is 3. The largest absolute Gasteiger partial charge is 0.314 e. The Bertz CT molecular complexity index is 318. The molecule has 1 saturated heterocycles. The lowest BCUT2D eigenvalue weighted by Crippen LogP contribution is -2.24. The molecule has 4 heteroatoms. The van der Waals surface area contributed by atoms with E-state index >= 15 is 0 Å². The van der Waals surface area contributed by atoms with Crippen molar-refractivity contribution in [1.82, 2.24) is 20.3 Å². The maximum atomic E-state index is 4.22. The highest BCUT2D eigenvalue weighted by atomic mass is 15.4. The van der Waals surface area contributed by atoms with Crippen LogP contribution in [0.25, 0.3) is 0 Å². The van der Waals surface area contributed by atoms with Crippen LogP contribution in [-0.2, 0) is 12.0 Å². The van der Waals surface area contributed by atoms with E-state index in [0.717, 1.165) is 18.7 Å². The van der Waals surface area contributed by atoms with Crippen LogP contribution < -0.4 is 5.32 Å². The van der Waals surface area contributed by atoms with Crippen molar-refractivity contribution in [3.63, 3.8) is 0 Å². The number of hydrogen-bond donors (Lipinski definition) is 1. The minimum atomic E-state index is 0.0361. The van der Waals surface area contributed by atoms with Crippen molar-refractivity contribution in [2.24, 2.45) is 0 Å². The van der Waals surface area contributed by atoms with Gasteiger partial charge in [-0.25, -0.2) is 4.68 Å². The molecular formula is C11H20N4. The summed E-state index contributed by atoms with van der Waals surface area (Å²) in [6, 6.07) is 0.607. The molecule has 0 radical (unpaired) electrons. The number of hydrogen-bond acceptors (Lipinski definition) is 3. The zero-order valence-electron chi connectivity index (χ0n) is 9.82. The van der Waals surface area contributed by atoms with Crippen LogP contribution in [-0.4, -0.2) is 27.6 Å². The molecule has 1 atom stereocenters. The maximum Gasteiger partial charge on any atom is 0.0842 e. The minimum Gasteiger partial charge on any atom is -0.314 e. The van der Waals surface area contributed by atoms with Gasteiger partial charge < -0.3 is 5.32 Å². The standard InChI is InChI=1S/C11H20N4/c1-11(2,3)15-8-10(13-14-15)7-9-5-4-6-12-9/h8-9,12H,4-7H2,1-3H3. The Morgan fingerprint density at radius 2 is 2.33 bits per heavy atom. The smallest absolute Gasteiger partial charge is 0.0842 e. The quantitative estimate of drug-likeness (QED) is 0.797. The van der Waals surface area contributed by atoms with Gasteiger partial charge in [-0.3, -0.25) is 0 Å². The summed E-state index contributed by atoms with van der Waals surface area (Å²) in [7, 11) is 0. The lowest BCUT2D eigenvalue weighted by molar-refractivity contribution is 0.347. The molecule has 1 fully saturated rings. The third-order valence-corrected chi connectivity index (χ3v) is 2.85. The Balaban J connectivity index is 2.00. The second-order valence-corrected chi connectivity index (χ2v) is 5.32. The van der Waals surface area contributed by atoms with Crippen LogP contribution in [0.15, 0.2) is 6.20 Å². The van der Waals surface area contributed by atoms with Crippen molar-refractivity contribution in [2.75, 3.05) is 6.54 Å². The van der Waals surface area contributed by atoms with E-state index in [1.165, 1.54) is 12.8 Å². The summed E-state index contributed by atoms with van der Waals surface area (Å²) < 4.78 is 1.94. The van der Waals surface area contributed by atoms with Gasteiger partial charge in [-0.05, 0) is 40.2 Å². The molecule has 0 aliphatic carbocycles. The van der Waals surface area contributed by atoms with E-state index in [1.807, 2.05) is 4.68 Å². The highest BCUT2D eigenvalue weighted by Gasteiger charge is 2.19. The number of rotatable bonds is 2. The first-order chi connectivity index (χ1) is 7.05. The first-order valence-electron chi connectivity index (χ1n) is 5.71. The molecule has 1 unspecified atom stereocenters. The summed E-state index contributed by atoms with van der Waals surface area (Å²) in [6.45, 7) is 7.57. The van der Waals surface area contributed by atoms with Gasteiger partial charge >= 0.3 is 0 Å². The minimum absolute atomic E-state index is 0.0361. The predicted molar refractivity (Wildman–Crippen MR) is 59.7 cm³/mol. The van der Waals surface area contributed by atoms with Crippen LogP contribution in [0.5, 0.6) is 0 Å². The van der Waals surface area contributed by atoms with E-state index in [2.05, 4.69) is 42.6 Å². The van der Waals surface area contributed by atoms with Crippen molar-refractivity contribution >= 4 is 0 Å². The summed E-state index contributed by atoms with van der Waals surface area (Å²) in [5.41, 5.74) is 1.14. The third-order valence-electron chi connectivity index (χ3n) is 2.85. The second-order valence-electron chi connectivity index (χ2n) is 5.32. The number of nitrogens with one attached hydrogen (secondary N) is 1. The summed E-state index contributed by atoms with van der Waals surface area (Å²) in [5, 5.41) is 11.9. The van der Waals surface area contributed by atoms with E-state index in [9.17, 15) is 0 Å². The first kappa shape index (κ1) is 10.6. The molecule has 4 nitrogen and oxygen atoms in total. The molecule has 0 bridgehead atoms. The van der Waals surface area contributed by atoms with E-state index in [-0.39, 0.29) is 5.54 Å². The highest BCUT2D eigenvalue weighted by molar-refractivity contribution is 4.98. The maximum absolute atomic E-state index is 4.22. The highest BCUT2D eigenvalue weighted by Crippen LogP contribution is 2.14. The molecular weight excluding hydrogens is 188 g/mol. The van der Waals surface area contributed by atoms with Gasteiger partial charge in [0, 0.05) is 18.7 Å². The fourth-order valence-electron chi connectivity index (χ4n) is 1.90. The van der Waals surface area contributed by atoms with Crippen molar-refractivity contribution in [2.45, 2.75) is 51.6 Å². The predicted octanol–water partition coefficient (Wildman–Crippen LogP) is 1.33. The first-order valence-corrected chi connectivity index (χ1v) is 5.71. The summed E-state index contributed by atoms with van der Waals surface area (Å²) in [4.78, 5) is 0. The average Bonchev–Trinajstić information content (AvgIpc) is 2.73. The molecule has 2 heterocycles.